The van der Waals surface area contributed by atoms with Gasteiger partial charge in [-0.05, 0) is 55.1 Å². The van der Waals surface area contributed by atoms with Crippen molar-refractivity contribution in [3.8, 4) is 0 Å². The summed E-state index contributed by atoms with van der Waals surface area (Å²) in [6.07, 6.45) is 16.9. The smallest absolute Gasteiger partial charge is 0.140 e. The molecule has 0 N–H and O–H groups in total. The lowest BCUT2D eigenvalue weighted by atomic mass is 9.89. The third kappa shape index (κ3) is 10.8. The number of ketones is 1. The molecule has 160 valence electrons. The highest BCUT2D eigenvalue weighted by Gasteiger charge is 2.17. The molecule has 1 rings (SSSR count). The van der Waals surface area contributed by atoms with E-state index in [0.29, 0.717) is 43.0 Å². The third-order valence-electron chi connectivity index (χ3n) is 5.62. The van der Waals surface area contributed by atoms with E-state index in [1.807, 2.05) is 24.5 Å². The molecule has 3 nitrogen and oxygen atoms in total. The summed E-state index contributed by atoms with van der Waals surface area (Å²) in [4.78, 5) is 16.9. The first-order valence-electron chi connectivity index (χ1n) is 10.9. The summed E-state index contributed by atoms with van der Waals surface area (Å²) in [5, 5.41) is 0. The van der Waals surface area contributed by atoms with Crippen LogP contribution in [0.25, 0.3) is 0 Å². The average Bonchev–Trinajstić information content (AvgIpc) is 2.73. The van der Waals surface area contributed by atoms with Gasteiger partial charge in [0.05, 0.1) is 12.9 Å². The molecule has 0 spiro atoms. The Morgan fingerprint density at radius 1 is 1.21 bits per heavy atom. The molecule has 0 aliphatic carbocycles. The molecule has 0 aromatic carbocycles. The Morgan fingerprint density at radius 2 is 2.00 bits per heavy atom. The minimum atomic E-state index is -0.0648. The van der Waals surface area contributed by atoms with Gasteiger partial charge in [0.1, 0.15) is 5.78 Å². The third-order valence-corrected chi connectivity index (χ3v) is 5.62. The van der Waals surface area contributed by atoms with Crippen molar-refractivity contribution in [3.05, 3.63) is 67.7 Å². The summed E-state index contributed by atoms with van der Waals surface area (Å²) in [6, 6.07) is 4.11. The molecule has 0 aliphatic rings. The summed E-state index contributed by atoms with van der Waals surface area (Å²) in [5.41, 5.74) is 1.29. The zero-order chi connectivity index (χ0) is 21.5. The van der Waals surface area contributed by atoms with Crippen molar-refractivity contribution in [1.29, 1.82) is 0 Å². The number of hydrogen-bond donors (Lipinski definition) is 0. The van der Waals surface area contributed by atoms with Crippen molar-refractivity contribution in [1.82, 2.24) is 4.98 Å². The van der Waals surface area contributed by atoms with E-state index in [1.165, 1.54) is 11.8 Å². The van der Waals surface area contributed by atoms with Gasteiger partial charge in [-0.1, -0.05) is 58.1 Å². The lowest BCUT2D eigenvalue weighted by Crippen LogP contribution is -2.15. The maximum atomic E-state index is 12.7. The molecule has 29 heavy (non-hydrogen) atoms. The summed E-state index contributed by atoms with van der Waals surface area (Å²) >= 11 is 0. The molecule has 0 fully saturated rings. The van der Waals surface area contributed by atoms with Gasteiger partial charge in [0.15, 0.2) is 0 Å². The summed E-state index contributed by atoms with van der Waals surface area (Å²) < 4.78 is 5.29. The van der Waals surface area contributed by atoms with Gasteiger partial charge >= 0.3 is 0 Å². The molecule has 3 heteroatoms. The lowest BCUT2D eigenvalue weighted by molar-refractivity contribution is -0.121. The molecule has 0 saturated heterocycles. The number of rotatable bonds is 16. The number of carbonyl (C=O) groups excluding carboxylic acids is 1. The largest absolute Gasteiger partial charge is 0.502 e. The molecular formula is C26H39NO2. The number of Topliss-reactive ketones (excluding diaryl/α,β-unsaturated/α-hetero) is 1. The van der Waals surface area contributed by atoms with Gasteiger partial charge in [-0.2, -0.15) is 0 Å². The molecule has 3 unspecified atom stereocenters. The van der Waals surface area contributed by atoms with Crippen molar-refractivity contribution < 1.29 is 9.53 Å². The zero-order valence-corrected chi connectivity index (χ0v) is 18.6. The van der Waals surface area contributed by atoms with Crippen LogP contribution in [0.2, 0.25) is 0 Å². The van der Waals surface area contributed by atoms with Crippen LogP contribution in [-0.2, 0) is 16.0 Å². The second-order valence-corrected chi connectivity index (χ2v) is 8.22. The van der Waals surface area contributed by atoms with E-state index in [9.17, 15) is 4.79 Å². The number of carbonyl (C=O) groups is 1. The standard InChI is InChI=1S/C26H39NO2/c1-6-10-25(16-15-22(4)23(5)20-29-7-2)26(28)17-14-21(3)11-8-12-24-13-9-18-27-19-24/h6-7,9,13,15-16,18-19,21-23,25H,1-2,8,10-12,14,17,20H2,3-5H3/t21-,22?,23?,25?/m0/s1. The quantitative estimate of drug-likeness (QED) is 0.234. The minimum Gasteiger partial charge on any atom is -0.502 e. The highest BCUT2D eigenvalue weighted by molar-refractivity contribution is 5.82. The minimum absolute atomic E-state index is 0.0648. The highest BCUT2D eigenvalue weighted by Crippen LogP contribution is 2.20. The van der Waals surface area contributed by atoms with Crippen molar-refractivity contribution in [2.24, 2.45) is 23.7 Å². The molecule has 4 atom stereocenters. The second-order valence-electron chi connectivity index (χ2n) is 8.22. The highest BCUT2D eigenvalue weighted by atomic mass is 16.5. The second kappa shape index (κ2) is 14.8. The summed E-state index contributed by atoms with van der Waals surface area (Å²) in [7, 11) is 0. The van der Waals surface area contributed by atoms with Gasteiger partial charge in [0.25, 0.3) is 0 Å². The van der Waals surface area contributed by atoms with Gasteiger partial charge in [-0.25, -0.2) is 0 Å². The first-order valence-corrected chi connectivity index (χ1v) is 10.9. The first-order chi connectivity index (χ1) is 14.0. The normalized spacial score (nSPS) is 15.4. The fourth-order valence-electron chi connectivity index (χ4n) is 3.29. The monoisotopic (exact) mass is 397 g/mol. The zero-order valence-electron chi connectivity index (χ0n) is 18.6. The predicted octanol–water partition coefficient (Wildman–Crippen LogP) is 6.57. The van der Waals surface area contributed by atoms with Crippen molar-refractivity contribution in [2.45, 2.75) is 59.3 Å². The van der Waals surface area contributed by atoms with Crippen LogP contribution in [0.15, 0.2) is 62.2 Å². The van der Waals surface area contributed by atoms with Crippen LogP contribution in [0.3, 0.4) is 0 Å². The van der Waals surface area contributed by atoms with E-state index in [1.54, 1.807) is 0 Å². The lowest BCUT2D eigenvalue weighted by Gasteiger charge is -2.17. The number of allylic oxidation sites excluding steroid dienone is 3. The van der Waals surface area contributed by atoms with E-state index in [2.05, 4.69) is 57.1 Å². The van der Waals surface area contributed by atoms with Crippen LogP contribution < -0.4 is 0 Å². The van der Waals surface area contributed by atoms with Gasteiger partial charge in [0.2, 0.25) is 0 Å². The molecule has 1 aromatic rings. The number of aryl methyl sites for hydroxylation is 1. The van der Waals surface area contributed by atoms with Gasteiger partial charge in [-0.15, -0.1) is 6.58 Å². The van der Waals surface area contributed by atoms with Gasteiger partial charge in [-0.3, -0.25) is 9.78 Å². The summed E-state index contributed by atoms with van der Waals surface area (Å²) in [6.45, 7) is 14.6. The van der Waals surface area contributed by atoms with Crippen LogP contribution in [-0.4, -0.2) is 17.4 Å². The van der Waals surface area contributed by atoms with Crippen molar-refractivity contribution in [2.75, 3.05) is 6.61 Å². The maximum absolute atomic E-state index is 12.7. The average molecular weight is 398 g/mol. The molecule has 1 aromatic heterocycles. The van der Waals surface area contributed by atoms with E-state index < -0.39 is 0 Å². The number of ether oxygens (including phenoxy) is 1. The SMILES string of the molecule is C=CCC(C=CC(C)C(C)COC=C)C(=O)CC[C@@H](C)CCCc1cccnc1. The topological polar surface area (TPSA) is 39.2 Å². The Labute approximate surface area is 178 Å². The Hall–Kier alpha value is -2.16. The molecule has 0 radical (unpaired) electrons. The molecule has 0 saturated carbocycles. The molecule has 0 amide bonds. The predicted molar refractivity (Wildman–Crippen MR) is 123 cm³/mol. The maximum Gasteiger partial charge on any atom is 0.140 e. The Morgan fingerprint density at radius 3 is 2.66 bits per heavy atom. The number of nitrogens with zero attached hydrogens (tertiary/aromatic N) is 1. The summed E-state index contributed by atoms with van der Waals surface area (Å²) in [5.74, 6) is 1.54. The first kappa shape index (κ1) is 24.9. The fraction of sp³-hybridized carbons (Fsp3) is 0.538. The molecule has 0 bridgehead atoms. The van der Waals surface area contributed by atoms with Crippen LogP contribution in [0.1, 0.15) is 58.4 Å². The van der Waals surface area contributed by atoms with Crippen LogP contribution in [0, 0.1) is 23.7 Å². The van der Waals surface area contributed by atoms with E-state index >= 15 is 0 Å². The fourth-order valence-corrected chi connectivity index (χ4v) is 3.29. The van der Waals surface area contributed by atoms with Crippen LogP contribution >= 0.6 is 0 Å². The Kier molecular flexibility index (Phi) is 12.7. The number of hydrogen-bond acceptors (Lipinski definition) is 3. The van der Waals surface area contributed by atoms with Crippen LogP contribution in [0.4, 0.5) is 0 Å². The number of aromatic nitrogens is 1. The van der Waals surface area contributed by atoms with Gasteiger partial charge in [0, 0.05) is 24.7 Å². The molecular weight excluding hydrogens is 358 g/mol. The number of pyridine rings is 1. The Balaban J connectivity index is 2.41. The van der Waals surface area contributed by atoms with E-state index in [4.69, 9.17) is 4.74 Å². The molecule has 1 heterocycles. The van der Waals surface area contributed by atoms with Crippen LogP contribution in [0.5, 0.6) is 0 Å². The Bertz CT molecular complexity index is 623. The van der Waals surface area contributed by atoms with Crippen molar-refractivity contribution in [3.63, 3.8) is 0 Å². The molecule has 0 aliphatic heterocycles. The van der Waals surface area contributed by atoms with Gasteiger partial charge < -0.3 is 4.74 Å². The van der Waals surface area contributed by atoms with E-state index in [-0.39, 0.29) is 5.92 Å². The van der Waals surface area contributed by atoms with Crippen molar-refractivity contribution >= 4 is 5.78 Å². The van der Waals surface area contributed by atoms with E-state index in [0.717, 1.165) is 25.7 Å².